The Morgan fingerprint density at radius 3 is 2.89 bits per heavy atom. The lowest BCUT2D eigenvalue weighted by Gasteiger charge is -2.35. The number of tetrazole rings is 1. The van der Waals surface area contributed by atoms with Gasteiger partial charge in [0, 0.05) is 6.04 Å². The Bertz CT molecular complexity index is 825. The number of hydrogen-bond donors (Lipinski definition) is 1. The van der Waals surface area contributed by atoms with Crippen LogP contribution >= 0.6 is 11.8 Å². The zero-order valence-corrected chi connectivity index (χ0v) is 18.0. The number of methoxy groups -OCH3 is 1. The van der Waals surface area contributed by atoms with E-state index in [2.05, 4.69) is 34.7 Å². The Hall–Kier alpha value is -2.09. The monoisotopic (exact) mass is 403 g/mol. The molecule has 0 aliphatic heterocycles. The smallest absolute Gasteiger partial charge is 0.233 e. The molecule has 0 spiro atoms. The summed E-state index contributed by atoms with van der Waals surface area (Å²) in [6.45, 7) is 8.40. The summed E-state index contributed by atoms with van der Waals surface area (Å²) in [5.41, 5.74) is 1.84. The molecule has 1 amide bonds. The van der Waals surface area contributed by atoms with Crippen molar-refractivity contribution in [3.8, 4) is 11.4 Å². The average molecular weight is 404 g/mol. The number of benzene rings is 1. The quantitative estimate of drug-likeness (QED) is 0.745. The number of aromatic nitrogens is 4. The molecular formula is C20H29N5O2S. The zero-order valence-electron chi connectivity index (χ0n) is 17.2. The number of nitrogens with one attached hydrogen (secondary N) is 1. The summed E-state index contributed by atoms with van der Waals surface area (Å²) in [6, 6.07) is 6.08. The van der Waals surface area contributed by atoms with Gasteiger partial charge in [-0.25, -0.2) is 0 Å². The van der Waals surface area contributed by atoms with E-state index < -0.39 is 0 Å². The third kappa shape index (κ3) is 4.48. The zero-order chi connectivity index (χ0) is 20.3. The highest BCUT2D eigenvalue weighted by molar-refractivity contribution is 8.00. The van der Waals surface area contributed by atoms with Gasteiger partial charge in [-0.05, 0) is 60.2 Å². The van der Waals surface area contributed by atoms with E-state index in [0.717, 1.165) is 17.7 Å². The standard InChI is InChI=1S/C20H29N5O2S/c1-12-9-10-18(27-5)17(11-12)25-20(22-23-24-25)28-15(4)19(26)21-16-8-6-7-13(2)14(16)3/h9-11,13-16H,6-8H2,1-5H3,(H,21,26). The summed E-state index contributed by atoms with van der Waals surface area (Å²) in [4.78, 5) is 12.8. The Morgan fingerprint density at radius 1 is 1.36 bits per heavy atom. The minimum Gasteiger partial charge on any atom is -0.494 e. The minimum atomic E-state index is -0.301. The number of amides is 1. The van der Waals surface area contributed by atoms with Crippen LogP contribution in [0.3, 0.4) is 0 Å². The first-order chi connectivity index (χ1) is 13.4. The van der Waals surface area contributed by atoms with E-state index in [0.29, 0.717) is 22.7 Å². The number of thioether (sulfide) groups is 1. The van der Waals surface area contributed by atoms with Crippen LogP contribution in [-0.4, -0.2) is 44.5 Å². The maximum Gasteiger partial charge on any atom is 0.233 e. The van der Waals surface area contributed by atoms with Crippen molar-refractivity contribution in [2.24, 2.45) is 11.8 Å². The molecule has 1 fully saturated rings. The molecule has 1 N–H and O–H groups in total. The summed E-state index contributed by atoms with van der Waals surface area (Å²) in [6.07, 6.45) is 3.46. The van der Waals surface area contributed by atoms with Gasteiger partial charge in [0.05, 0.1) is 12.4 Å². The highest BCUT2D eigenvalue weighted by atomic mass is 32.2. The summed E-state index contributed by atoms with van der Waals surface area (Å²) >= 11 is 1.35. The lowest BCUT2D eigenvalue weighted by Crippen LogP contribution is -2.46. The Labute approximate surface area is 170 Å². The third-order valence-electron chi connectivity index (χ3n) is 5.69. The number of hydrogen-bond acceptors (Lipinski definition) is 6. The Morgan fingerprint density at radius 2 is 2.14 bits per heavy atom. The van der Waals surface area contributed by atoms with Crippen molar-refractivity contribution in [2.45, 2.75) is 63.4 Å². The summed E-state index contributed by atoms with van der Waals surface area (Å²) in [5.74, 6) is 1.85. The molecule has 7 nitrogen and oxygen atoms in total. The second-order valence-corrected chi connectivity index (χ2v) is 9.00. The number of nitrogens with zero attached hydrogens (tertiary/aromatic N) is 4. The summed E-state index contributed by atoms with van der Waals surface area (Å²) < 4.78 is 7.08. The van der Waals surface area contributed by atoms with Gasteiger partial charge >= 0.3 is 0 Å². The highest BCUT2D eigenvalue weighted by Crippen LogP contribution is 2.31. The Balaban J connectivity index is 1.72. The van der Waals surface area contributed by atoms with Crippen LogP contribution < -0.4 is 10.1 Å². The predicted molar refractivity (Wildman–Crippen MR) is 110 cm³/mol. The molecule has 8 heteroatoms. The molecule has 1 aliphatic rings. The first-order valence-corrected chi connectivity index (χ1v) is 10.7. The van der Waals surface area contributed by atoms with Gasteiger partial charge in [0.2, 0.25) is 11.1 Å². The molecule has 28 heavy (non-hydrogen) atoms. The molecule has 152 valence electrons. The molecule has 4 atom stereocenters. The van der Waals surface area contributed by atoms with Crippen molar-refractivity contribution in [1.29, 1.82) is 0 Å². The summed E-state index contributed by atoms with van der Waals surface area (Å²) in [5, 5.41) is 15.5. The topological polar surface area (TPSA) is 81.9 Å². The van der Waals surface area contributed by atoms with Crippen molar-refractivity contribution in [3.05, 3.63) is 23.8 Å². The molecular weight excluding hydrogens is 374 g/mol. The van der Waals surface area contributed by atoms with Crippen LogP contribution in [0.2, 0.25) is 0 Å². The van der Waals surface area contributed by atoms with Crippen molar-refractivity contribution >= 4 is 17.7 Å². The van der Waals surface area contributed by atoms with Crippen LogP contribution in [0.4, 0.5) is 0 Å². The van der Waals surface area contributed by atoms with Gasteiger partial charge in [0.1, 0.15) is 11.4 Å². The van der Waals surface area contributed by atoms with Crippen LogP contribution in [0, 0.1) is 18.8 Å². The van der Waals surface area contributed by atoms with Gasteiger partial charge in [0.25, 0.3) is 0 Å². The van der Waals surface area contributed by atoms with Crippen LogP contribution in [-0.2, 0) is 4.79 Å². The van der Waals surface area contributed by atoms with Gasteiger partial charge in [-0.15, -0.1) is 5.10 Å². The molecule has 1 saturated carbocycles. The molecule has 4 unspecified atom stereocenters. The van der Waals surface area contributed by atoms with Crippen molar-refractivity contribution < 1.29 is 9.53 Å². The van der Waals surface area contributed by atoms with E-state index >= 15 is 0 Å². The van der Waals surface area contributed by atoms with Gasteiger partial charge in [-0.1, -0.05) is 44.5 Å². The fourth-order valence-electron chi connectivity index (χ4n) is 3.67. The largest absolute Gasteiger partial charge is 0.494 e. The normalized spacial score (nSPS) is 23.2. The van der Waals surface area contributed by atoms with Crippen molar-refractivity contribution in [2.75, 3.05) is 7.11 Å². The maximum absolute atomic E-state index is 12.8. The fourth-order valence-corrected chi connectivity index (χ4v) is 4.48. The van der Waals surface area contributed by atoms with Crippen molar-refractivity contribution in [1.82, 2.24) is 25.5 Å². The van der Waals surface area contributed by atoms with Crippen LogP contribution in [0.5, 0.6) is 5.75 Å². The number of carbonyl (C=O) groups is 1. The van der Waals surface area contributed by atoms with Gasteiger partial charge in [0.15, 0.2) is 0 Å². The first-order valence-electron chi connectivity index (χ1n) is 9.81. The number of ether oxygens (including phenoxy) is 1. The lowest BCUT2D eigenvalue weighted by atomic mass is 9.78. The van der Waals surface area contributed by atoms with E-state index in [1.54, 1.807) is 11.8 Å². The molecule has 0 bridgehead atoms. The van der Waals surface area contributed by atoms with E-state index in [1.807, 2.05) is 32.0 Å². The third-order valence-corrected chi connectivity index (χ3v) is 6.72. The molecule has 3 rings (SSSR count). The number of rotatable bonds is 6. The fraction of sp³-hybridized carbons (Fsp3) is 0.600. The molecule has 2 aromatic rings. The van der Waals surface area contributed by atoms with E-state index in [-0.39, 0.29) is 17.2 Å². The molecule has 0 saturated heterocycles. The van der Waals surface area contributed by atoms with E-state index in [1.165, 1.54) is 24.6 Å². The molecule has 1 aliphatic carbocycles. The lowest BCUT2D eigenvalue weighted by molar-refractivity contribution is -0.121. The number of aryl methyl sites for hydroxylation is 1. The Kier molecular flexibility index (Phi) is 6.59. The van der Waals surface area contributed by atoms with Crippen LogP contribution in [0.1, 0.15) is 45.6 Å². The first kappa shape index (κ1) is 20.6. The summed E-state index contributed by atoms with van der Waals surface area (Å²) in [7, 11) is 1.62. The van der Waals surface area contributed by atoms with E-state index in [4.69, 9.17) is 4.74 Å². The predicted octanol–water partition coefficient (Wildman–Crippen LogP) is 3.40. The SMILES string of the molecule is COc1ccc(C)cc1-n1nnnc1SC(C)C(=O)NC1CCCC(C)C1C. The van der Waals surface area contributed by atoms with Gasteiger partial charge < -0.3 is 10.1 Å². The molecule has 0 radical (unpaired) electrons. The molecule has 1 aromatic carbocycles. The van der Waals surface area contributed by atoms with Crippen LogP contribution in [0.25, 0.3) is 5.69 Å². The van der Waals surface area contributed by atoms with Gasteiger partial charge in [-0.2, -0.15) is 4.68 Å². The molecule has 1 heterocycles. The average Bonchev–Trinajstić information content (AvgIpc) is 3.13. The van der Waals surface area contributed by atoms with Gasteiger partial charge in [-0.3, -0.25) is 4.79 Å². The second kappa shape index (κ2) is 8.94. The maximum atomic E-state index is 12.8. The van der Waals surface area contributed by atoms with E-state index in [9.17, 15) is 4.79 Å². The second-order valence-electron chi connectivity index (χ2n) is 7.69. The van der Waals surface area contributed by atoms with Crippen LogP contribution in [0.15, 0.2) is 23.4 Å². The highest BCUT2D eigenvalue weighted by Gasteiger charge is 2.30. The number of carbonyl (C=O) groups excluding carboxylic acids is 1. The molecule has 1 aromatic heterocycles. The minimum absolute atomic E-state index is 0.0294. The van der Waals surface area contributed by atoms with Crippen molar-refractivity contribution in [3.63, 3.8) is 0 Å².